The smallest absolute Gasteiger partial charge is 0.351 e. The fraction of sp³-hybridized carbons (Fsp3) is 0.318. The third-order valence-corrected chi connectivity index (χ3v) is 4.50. The largest absolute Gasteiger partial charge is 0.485 e. The van der Waals surface area contributed by atoms with Crippen LogP contribution in [0.15, 0.2) is 36.4 Å². The first-order chi connectivity index (χ1) is 14.3. The van der Waals surface area contributed by atoms with Gasteiger partial charge in [-0.25, -0.2) is 4.79 Å². The summed E-state index contributed by atoms with van der Waals surface area (Å²) in [6.07, 6.45) is -0.955. The second kappa shape index (κ2) is 9.30. The second-order valence-corrected chi connectivity index (χ2v) is 7.07. The Balaban J connectivity index is 1.42. The van der Waals surface area contributed by atoms with E-state index in [0.717, 1.165) is 22.4 Å². The van der Waals surface area contributed by atoms with Crippen LogP contribution in [0.3, 0.4) is 0 Å². The lowest BCUT2D eigenvalue weighted by atomic mass is 10.1. The van der Waals surface area contributed by atoms with E-state index in [1.807, 2.05) is 32.9 Å². The van der Waals surface area contributed by atoms with E-state index in [9.17, 15) is 14.4 Å². The number of amides is 2. The Hall–Kier alpha value is -3.55. The third kappa shape index (κ3) is 5.28. The first kappa shape index (κ1) is 21.2. The number of rotatable bonds is 6. The van der Waals surface area contributed by atoms with Crippen molar-refractivity contribution >= 4 is 23.5 Å². The SMILES string of the molecule is Cc1cc(C)c(NC(=O)CNC(=O)COC(=O)[C@H]2COc3ccccc3O2)c(C)c1. The number of ether oxygens (including phenoxy) is 3. The molecule has 2 amide bonds. The van der Waals surface area contributed by atoms with Crippen LogP contribution in [0.1, 0.15) is 16.7 Å². The van der Waals surface area contributed by atoms with Gasteiger partial charge in [0.1, 0.15) is 6.61 Å². The van der Waals surface area contributed by atoms with Crippen LogP contribution in [0, 0.1) is 20.8 Å². The molecule has 0 fully saturated rings. The molecule has 0 radical (unpaired) electrons. The lowest BCUT2D eigenvalue weighted by Crippen LogP contribution is -2.40. The standard InChI is InChI=1S/C22H24N2O6/c1-13-8-14(2)21(15(3)9-13)24-19(25)10-23-20(26)12-29-22(27)18-11-28-16-6-4-5-7-17(16)30-18/h4-9,18H,10-12H2,1-3H3,(H,23,26)(H,24,25)/t18-/m1/s1. The summed E-state index contributed by atoms with van der Waals surface area (Å²) in [6, 6.07) is 10.9. The zero-order valence-electron chi connectivity index (χ0n) is 17.1. The molecule has 2 aromatic carbocycles. The molecule has 1 heterocycles. The van der Waals surface area contributed by atoms with Gasteiger partial charge >= 0.3 is 5.97 Å². The molecule has 0 saturated heterocycles. The maximum absolute atomic E-state index is 12.1. The fourth-order valence-corrected chi connectivity index (χ4v) is 3.16. The molecular formula is C22H24N2O6. The van der Waals surface area contributed by atoms with Crippen molar-refractivity contribution in [1.82, 2.24) is 5.32 Å². The summed E-state index contributed by atoms with van der Waals surface area (Å²) >= 11 is 0. The van der Waals surface area contributed by atoms with E-state index in [4.69, 9.17) is 14.2 Å². The van der Waals surface area contributed by atoms with Crippen molar-refractivity contribution in [2.75, 3.05) is 25.1 Å². The van der Waals surface area contributed by atoms with Crippen LogP contribution in [0.4, 0.5) is 5.69 Å². The van der Waals surface area contributed by atoms with Gasteiger partial charge in [0.15, 0.2) is 18.1 Å². The Morgan fingerprint density at radius 1 is 1.03 bits per heavy atom. The minimum Gasteiger partial charge on any atom is -0.485 e. The van der Waals surface area contributed by atoms with E-state index in [-0.39, 0.29) is 19.1 Å². The third-order valence-electron chi connectivity index (χ3n) is 4.50. The van der Waals surface area contributed by atoms with Gasteiger partial charge in [-0.2, -0.15) is 0 Å². The maximum Gasteiger partial charge on any atom is 0.351 e. The molecule has 2 N–H and O–H groups in total. The molecule has 0 aromatic heterocycles. The minimum atomic E-state index is -0.955. The predicted molar refractivity (Wildman–Crippen MR) is 110 cm³/mol. The molecule has 0 bridgehead atoms. The molecule has 1 aliphatic heterocycles. The van der Waals surface area contributed by atoms with E-state index >= 15 is 0 Å². The Morgan fingerprint density at radius 2 is 1.70 bits per heavy atom. The van der Waals surface area contributed by atoms with Gasteiger partial charge in [-0.3, -0.25) is 9.59 Å². The van der Waals surface area contributed by atoms with Gasteiger partial charge in [-0.1, -0.05) is 29.8 Å². The zero-order chi connectivity index (χ0) is 21.7. The van der Waals surface area contributed by atoms with Crippen LogP contribution in [-0.4, -0.2) is 43.6 Å². The van der Waals surface area contributed by atoms with Crippen molar-refractivity contribution in [3.05, 3.63) is 53.1 Å². The second-order valence-electron chi connectivity index (χ2n) is 7.07. The summed E-state index contributed by atoms with van der Waals surface area (Å²) in [5.74, 6) is -0.689. The number of hydrogen-bond acceptors (Lipinski definition) is 6. The van der Waals surface area contributed by atoms with E-state index < -0.39 is 24.6 Å². The van der Waals surface area contributed by atoms with Crippen molar-refractivity contribution in [2.24, 2.45) is 0 Å². The Kier molecular flexibility index (Phi) is 6.56. The highest BCUT2D eigenvalue weighted by molar-refractivity contribution is 5.96. The predicted octanol–water partition coefficient (Wildman–Crippen LogP) is 2.05. The summed E-state index contributed by atoms with van der Waals surface area (Å²) in [6.45, 7) is 5.04. The van der Waals surface area contributed by atoms with Crippen LogP contribution in [0.25, 0.3) is 0 Å². The Bertz CT molecular complexity index is 949. The molecule has 8 nitrogen and oxygen atoms in total. The first-order valence-corrected chi connectivity index (χ1v) is 9.53. The average Bonchev–Trinajstić information content (AvgIpc) is 2.72. The first-order valence-electron chi connectivity index (χ1n) is 9.53. The normalized spacial score (nSPS) is 14.6. The van der Waals surface area contributed by atoms with Gasteiger partial charge < -0.3 is 24.8 Å². The molecule has 0 aliphatic carbocycles. The molecule has 30 heavy (non-hydrogen) atoms. The highest BCUT2D eigenvalue weighted by Gasteiger charge is 2.29. The van der Waals surface area contributed by atoms with Crippen molar-refractivity contribution in [2.45, 2.75) is 26.9 Å². The van der Waals surface area contributed by atoms with Gasteiger partial charge in [0.25, 0.3) is 5.91 Å². The topological polar surface area (TPSA) is 103 Å². The quantitative estimate of drug-likeness (QED) is 0.704. The Labute approximate surface area is 174 Å². The number of nitrogens with one attached hydrogen (secondary N) is 2. The summed E-state index contributed by atoms with van der Waals surface area (Å²) in [4.78, 5) is 36.2. The number of benzene rings is 2. The van der Waals surface area contributed by atoms with Gasteiger partial charge in [0.05, 0.1) is 6.54 Å². The fourth-order valence-electron chi connectivity index (χ4n) is 3.16. The van der Waals surface area contributed by atoms with Gasteiger partial charge in [-0.15, -0.1) is 0 Å². The average molecular weight is 412 g/mol. The molecule has 2 aromatic rings. The van der Waals surface area contributed by atoms with Gasteiger partial charge in [0, 0.05) is 5.69 Å². The monoisotopic (exact) mass is 412 g/mol. The number of para-hydroxylation sites is 2. The van der Waals surface area contributed by atoms with Crippen LogP contribution < -0.4 is 20.1 Å². The molecule has 3 rings (SSSR count). The number of carbonyl (C=O) groups excluding carboxylic acids is 3. The number of hydrogen-bond donors (Lipinski definition) is 2. The minimum absolute atomic E-state index is 0.00484. The van der Waals surface area contributed by atoms with E-state index in [1.54, 1.807) is 24.3 Å². The number of fused-ring (bicyclic) bond motifs is 1. The molecule has 158 valence electrons. The molecule has 1 aliphatic rings. The maximum atomic E-state index is 12.1. The van der Waals surface area contributed by atoms with E-state index in [0.29, 0.717) is 11.5 Å². The number of aryl methyl sites for hydroxylation is 3. The highest BCUT2D eigenvalue weighted by atomic mass is 16.6. The van der Waals surface area contributed by atoms with Crippen molar-refractivity contribution in [3.8, 4) is 11.5 Å². The number of anilines is 1. The van der Waals surface area contributed by atoms with E-state index in [2.05, 4.69) is 10.6 Å². The molecule has 0 spiro atoms. The van der Waals surface area contributed by atoms with Crippen molar-refractivity contribution < 1.29 is 28.6 Å². The van der Waals surface area contributed by atoms with Gasteiger partial charge in [-0.05, 0) is 44.0 Å². The van der Waals surface area contributed by atoms with Crippen molar-refractivity contribution in [1.29, 1.82) is 0 Å². The zero-order valence-corrected chi connectivity index (χ0v) is 17.1. The summed E-state index contributed by atoms with van der Waals surface area (Å²) in [7, 11) is 0. The summed E-state index contributed by atoms with van der Waals surface area (Å²) in [5, 5.41) is 5.22. The lowest BCUT2D eigenvalue weighted by molar-refractivity contribution is -0.157. The van der Waals surface area contributed by atoms with Crippen LogP contribution in [0.5, 0.6) is 11.5 Å². The van der Waals surface area contributed by atoms with Crippen LogP contribution in [0.2, 0.25) is 0 Å². The Morgan fingerprint density at radius 3 is 2.40 bits per heavy atom. The van der Waals surface area contributed by atoms with Crippen LogP contribution in [-0.2, 0) is 19.1 Å². The number of carbonyl (C=O) groups is 3. The molecule has 0 saturated carbocycles. The number of esters is 1. The molecule has 0 unspecified atom stereocenters. The van der Waals surface area contributed by atoms with Crippen molar-refractivity contribution in [3.63, 3.8) is 0 Å². The molecule has 8 heteroatoms. The summed E-state index contributed by atoms with van der Waals surface area (Å²) < 4.78 is 15.9. The highest BCUT2D eigenvalue weighted by Crippen LogP contribution is 2.31. The molecule has 1 atom stereocenters. The lowest BCUT2D eigenvalue weighted by Gasteiger charge is -2.24. The van der Waals surface area contributed by atoms with E-state index in [1.165, 1.54) is 0 Å². The molecular weight excluding hydrogens is 388 g/mol. The van der Waals surface area contributed by atoms with Gasteiger partial charge in [0.2, 0.25) is 12.0 Å². The van der Waals surface area contributed by atoms with Crippen LogP contribution >= 0.6 is 0 Å². The summed E-state index contributed by atoms with van der Waals surface area (Å²) in [5.41, 5.74) is 3.71.